The molecule has 0 saturated carbocycles. The lowest BCUT2D eigenvalue weighted by Crippen LogP contribution is -2.28. The molecular weight excluding hydrogens is 306 g/mol. The number of halogens is 6. The van der Waals surface area contributed by atoms with Crippen LogP contribution in [0.5, 0.6) is 0 Å². The van der Waals surface area contributed by atoms with Gasteiger partial charge < -0.3 is 5.11 Å². The van der Waals surface area contributed by atoms with Crippen molar-refractivity contribution < 1.29 is 36.2 Å². The Balaban J connectivity index is 3.89. The van der Waals surface area contributed by atoms with E-state index in [4.69, 9.17) is 5.11 Å². The third-order valence-electron chi connectivity index (χ3n) is 2.36. The van der Waals surface area contributed by atoms with Gasteiger partial charge >= 0.3 is 18.3 Å². The Morgan fingerprint density at radius 2 is 1.33 bits per heavy atom. The number of nitrogens with zero attached hydrogens (tertiary/aromatic N) is 2. The zero-order chi connectivity index (χ0) is 16.8. The topological polar surface area (TPSA) is 63.1 Å². The van der Waals surface area contributed by atoms with Gasteiger partial charge in [-0.1, -0.05) is 20.8 Å². The highest BCUT2D eigenvalue weighted by molar-refractivity contribution is 5.90. The monoisotopic (exact) mass is 316 g/mol. The molecule has 1 aromatic rings. The lowest BCUT2D eigenvalue weighted by Gasteiger charge is -2.23. The van der Waals surface area contributed by atoms with Gasteiger partial charge in [0.25, 0.3) is 0 Å². The maximum absolute atomic E-state index is 12.8. The fourth-order valence-electron chi connectivity index (χ4n) is 1.54. The predicted molar refractivity (Wildman–Crippen MR) is 57.7 cm³/mol. The fourth-order valence-corrected chi connectivity index (χ4v) is 1.54. The van der Waals surface area contributed by atoms with E-state index in [0.717, 1.165) is 0 Å². The van der Waals surface area contributed by atoms with Crippen LogP contribution in [0.15, 0.2) is 0 Å². The predicted octanol–water partition coefficient (Wildman–Crippen LogP) is 3.51. The first-order valence-electron chi connectivity index (χ1n) is 5.46. The van der Waals surface area contributed by atoms with E-state index < -0.39 is 46.5 Å². The minimum Gasteiger partial charge on any atom is -0.478 e. The van der Waals surface area contributed by atoms with E-state index in [1.165, 1.54) is 20.8 Å². The van der Waals surface area contributed by atoms with Gasteiger partial charge in [-0.25, -0.2) is 14.8 Å². The molecule has 0 fully saturated rings. The summed E-state index contributed by atoms with van der Waals surface area (Å²) in [5.74, 6) is -4.06. The normalized spacial score (nSPS) is 13.4. The average molecular weight is 316 g/mol. The number of aromatic nitrogens is 2. The van der Waals surface area contributed by atoms with E-state index in [9.17, 15) is 31.1 Å². The highest BCUT2D eigenvalue weighted by Crippen LogP contribution is 2.37. The van der Waals surface area contributed by atoms with Crippen molar-refractivity contribution >= 4 is 5.97 Å². The van der Waals surface area contributed by atoms with E-state index in [-0.39, 0.29) is 0 Å². The summed E-state index contributed by atoms with van der Waals surface area (Å²) >= 11 is 0. The van der Waals surface area contributed by atoms with Crippen LogP contribution < -0.4 is 0 Å². The summed E-state index contributed by atoms with van der Waals surface area (Å²) in [6.45, 7) is 3.76. The number of carbonyl (C=O) groups is 1. The molecule has 0 aliphatic rings. The summed E-state index contributed by atoms with van der Waals surface area (Å²) in [5.41, 5.74) is -5.66. The van der Waals surface area contributed by atoms with Crippen LogP contribution in [-0.4, -0.2) is 21.0 Å². The molecule has 1 N–H and O–H groups in total. The second kappa shape index (κ2) is 4.85. The number of hydrogen-bond donors (Lipinski definition) is 1. The zero-order valence-corrected chi connectivity index (χ0v) is 11.0. The van der Waals surface area contributed by atoms with Crippen LogP contribution in [0.3, 0.4) is 0 Å². The Morgan fingerprint density at radius 1 is 0.905 bits per heavy atom. The molecule has 0 aromatic carbocycles. The van der Waals surface area contributed by atoms with Gasteiger partial charge in [0.2, 0.25) is 5.82 Å². The van der Waals surface area contributed by atoms with Crippen molar-refractivity contribution in [3.63, 3.8) is 0 Å². The molecule has 118 valence electrons. The molecule has 0 saturated heterocycles. The first-order chi connectivity index (χ1) is 9.15. The quantitative estimate of drug-likeness (QED) is 0.805. The Hall–Kier alpha value is -1.87. The van der Waals surface area contributed by atoms with Crippen molar-refractivity contribution in [1.82, 2.24) is 9.97 Å². The Kier molecular flexibility index (Phi) is 3.97. The van der Waals surface area contributed by atoms with Crippen molar-refractivity contribution in [1.29, 1.82) is 0 Å². The summed E-state index contributed by atoms with van der Waals surface area (Å²) < 4.78 is 76.3. The van der Waals surface area contributed by atoms with E-state index in [2.05, 4.69) is 9.97 Å². The third-order valence-corrected chi connectivity index (χ3v) is 2.36. The van der Waals surface area contributed by atoms with Crippen LogP contribution in [0.25, 0.3) is 0 Å². The van der Waals surface area contributed by atoms with Gasteiger partial charge in [-0.2, -0.15) is 26.3 Å². The molecule has 0 radical (unpaired) electrons. The molecule has 0 atom stereocenters. The van der Waals surface area contributed by atoms with Crippen molar-refractivity contribution in [3.05, 3.63) is 22.8 Å². The van der Waals surface area contributed by atoms with E-state index in [0.29, 0.717) is 0 Å². The van der Waals surface area contributed by atoms with Crippen molar-refractivity contribution in [2.75, 3.05) is 0 Å². The molecule has 4 nitrogen and oxygen atoms in total. The van der Waals surface area contributed by atoms with Gasteiger partial charge in [0.05, 0.1) is 5.69 Å². The fraction of sp³-hybridized carbons (Fsp3) is 0.545. The highest BCUT2D eigenvalue weighted by atomic mass is 19.4. The van der Waals surface area contributed by atoms with Gasteiger partial charge in [-0.3, -0.25) is 0 Å². The Morgan fingerprint density at radius 3 is 1.62 bits per heavy atom. The molecule has 0 aliphatic carbocycles. The second-order valence-corrected chi connectivity index (χ2v) is 5.17. The van der Waals surface area contributed by atoms with Crippen LogP contribution in [0.4, 0.5) is 26.3 Å². The number of carboxylic acid groups (broad SMARTS) is 1. The summed E-state index contributed by atoms with van der Waals surface area (Å²) in [6.07, 6.45) is -10.6. The lowest BCUT2D eigenvalue weighted by atomic mass is 9.87. The SMILES string of the molecule is CC(C)(C)c1nc(C(F)(F)F)nc(C(F)(F)F)c1C(=O)O. The number of alkyl halides is 6. The van der Waals surface area contributed by atoms with Crippen LogP contribution in [-0.2, 0) is 17.8 Å². The van der Waals surface area contributed by atoms with Crippen molar-refractivity contribution in [2.45, 2.75) is 38.5 Å². The average Bonchev–Trinajstić information content (AvgIpc) is 2.23. The highest BCUT2D eigenvalue weighted by Gasteiger charge is 2.45. The summed E-state index contributed by atoms with van der Waals surface area (Å²) in [4.78, 5) is 16.4. The number of rotatable bonds is 1. The summed E-state index contributed by atoms with van der Waals surface area (Å²) in [5, 5.41) is 8.91. The standard InChI is InChI=1S/C11H10F6N2O2/c1-9(2,3)5-4(7(20)21)6(10(12,13)14)19-8(18-5)11(15,16)17/h1-3H3,(H,20,21). The number of hydrogen-bond acceptors (Lipinski definition) is 3. The minimum absolute atomic E-state index is 0.829. The molecule has 0 unspecified atom stereocenters. The number of carboxylic acids is 1. The second-order valence-electron chi connectivity index (χ2n) is 5.17. The van der Waals surface area contributed by atoms with Gasteiger partial charge in [0.15, 0.2) is 5.69 Å². The van der Waals surface area contributed by atoms with Crippen LogP contribution in [0.2, 0.25) is 0 Å². The molecule has 1 heterocycles. The molecule has 0 spiro atoms. The molecule has 21 heavy (non-hydrogen) atoms. The van der Waals surface area contributed by atoms with Crippen LogP contribution in [0, 0.1) is 0 Å². The lowest BCUT2D eigenvalue weighted by molar-refractivity contribution is -0.153. The third kappa shape index (κ3) is 3.61. The maximum Gasteiger partial charge on any atom is 0.451 e. The van der Waals surface area contributed by atoms with Crippen LogP contribution in [0.1, 0.15) is 48.3 Å². The Bertz CT molecular complexity index is 537. The molecule has 1 rings (SSSR count). The first kappa shape index (κ1) is 17.2. The molecule has 0 amide bonds. The largest absolute Gasteiger partial charge is 0.478 e. The summed E-state index contributed by atoms with van der Waals surface area (Å²) in [6, 6.07) is 0. The first-order valence-corrected chi connectivity index (χ1v) is 5.46. The molecule has 0 bridgehead atoms. The van der Waals surface area contributed by atoms with E-state index in [1.54, 1.807) is 0 Å². The minimum atomic E-state index is -5.35. The molecule has 1 aromatic heterocycles. The van der Waals surface area contributed by atoms with Crippen molar-refractivity contribution in [3.8, 4) is 0 Å². The van der Waals surface area contributed by atoms with E-state index >= 15 is 0 Å². The van der Waals surface area contributed by atoms with Crippen LogP contribution >= 0.6 is 0 Å². The van der Waals surface area contributed by atoms with Gasteiger partial charge in [0, 0.05) is 5.41 Å². The smallest absolute Gasteiger partial charge is 0.451 e. The van der Waals surface area contributed by atoms with Gasteiger partial charge in [0.1, 0.15) is 5.56 Å². The number of aromatic carboxylic acids is 1. The Labute approximate surface area is 114 Å². The maximum atomic E-state index is 12.8. The molecular formula is C11H10F6N2O2. The molecule has 0 aliphatic heterocycles. The molecule has 10 heteroatoms. The zero-order valence-electron chi connectivity index (χ0n) is 11.0. The van der Waals surface area contributed by atoms with Gasteiger partial charge in [-0.05, 0) is 0 Å². The van der Waals surface area contributed by atoms with Gasteiger partial charge in [-0.15, -0.1) is 0 Å². The van der Waals surface area contributed by atoms with E-state index in [1.807, 2.05) is 0 Å². The summed E-state index contributed by atoms with van der Waals surface area (Å²) in [7, 11) is 0. The van der Waals surface area contributed by atoms with Crippen molar-refractivity contribution in [2.24, 2.45) is 0 Å².